The minimum Gasteiger partial charge on any atom is -0.398 e. The van der Waals surface area contributed by atoms with Gasteiger partial charge in [-0.3, -0.25) is 0 Å². The van der Waals surface area contributed by atoms with Crippen molar-refractivity contribution in [3.8, 4) is 0 Å². The quantitative estimate of drug-likeness (QED) is 0.680. The van der Waals surface area contributed by atoms with Gasteiger partial charge in [0.25, 0.3) is 0 Å². The molecule has 0 aliphatic carbocycles. The summed E-state index contributed by atoms with van der Waals surface area (Å²) in [5, 5.41) is 8.29. The van der Waals surface area contributed by atoms with Gasteiger partial charge >= 0.3 is 0 Å². The summed E-state index contributed by atoms with van der Waals surface area (Å²) in [4.78, 5) is 2.37. The van der Waals surface area contributed by atoms with E-state index in [1.165, 1.54) is 18.9 Å². The Bertz CT molecular complexity index is 539. The van der Waals surface area contributed by atoms with E-state index in [4.69, 9.17) is 10.9 Å². The van der Waals surface area contributed by atoms with Crippen LogP contribution in [-0.2, 0) is 10.0 Å². The van der Waals surface area contributed by atoms with Crippen LogP contribution in [0.15, 0.2) is 23.1 Å². The Morgan fingerprint density at radius 2 is 1.95 bits per heavy atom. The van der Waals surface area contributed by atoms with Gasteiger partial charge in [-0.05, 0) is 44.1 Å². The van der Waals surface area contributed by atoms with Crippen molar-refractivity contribution in [2.45, 2.75) is 17.7 Å². The normalized spacial score (nSPS) is 16.7. The molecular weight excluding hydrogens is 264 g/mol. The van der Waals surface area contributed by atoms with E-state index in [1.807, 2.05) is 0 Å². The van der Waals surface area contributed by atoms with Crippen LogP contribution in [0.5, 0.6) is 0 Å². The lowest BCUT2D eigenvalue weighted by atomic mass is 10.3. The molecule has 0 radical (unpaired) electrons. The van der Waals surface area contributed by atoms with Crippen molar-refractivity contribution in [2.75, 3.05) is 37.2 Å². The van der Waals surface area contributed by atoms with E-state index in [1.54, 1.807) is 12.1 Å². The summed E-state index contributed by atoms with van der Waals surface area (Å²) in [5.74, 6) is 0. The number of primary sulfonamides is 1. The second-order valence-corrected chi connectivity index (χ2v) is 6.30. The fourth-order valence-corrected chi connectivity index (χ4v) is 2.93. The van der Waals surface area contributed by atoms with Crippen molar-refractivity contribution >= 4 is 21.4 Å². The lowest BCUT2D eigenvalue weighted by Crippen LogP contribution is -2.26. The molecule has 0 amide bonds. The van der Waals surface area contributed by atoms with Crippen LogP contribution in [0, 0.1) is 0 Å². The maximum atomic E-state index is 11.2. The number of rotatable bonds is 5. The molecule has 0 aromatic heterocycles. The topological polar surface area (TPSA) is 101 Å². The predicted molar refractivity (Wildman–Crippen MR) is 76.4 cm³/mol. The van der Waals surface area contributed by atoms with Crippen LogP contribution >= 0.6 is 0 Å². The van der Waals surface area contributed by atoms with E-state index in [0.29, 0.717) is 0 Å². The minimum atomic E-state index is -3.74. The molecule has 2 rings (SSSR count). The van der Waals surface area contributed by atoms with Gasteiger partial charge in [0.05, 0.1) is 5.69 Å². The molecule has 1 aromatic carbocycles. The molecule has 0 atom stereocenters. The first-order valence-corrected chi connectivity index (χ1v) is 7.90. The summed E-state index contributed by atoms with van der Waals surface area (Å²) in [6, 6.07) is 4.71. The molecule has 1 saturated heterocycles. The monoisotopic (exact) mass is 284 g/mol. The third-order valence-corrected chi connectivity index (χ3v) is 4.26. The molecule has 0 bridgehead atoms. The molecule has 19 heavy (non-hydrogen) atoms. The molecule has 6 nitrogen and oxygen atoms in total. The van der Waals surface area contributed by atoms with Crippen molar-refractivity contribution in [3.05, 3.63) is 18.2 Å². The second kappa shape index (κ2) is 5.77. The predicted octanol–water partition coefficient (Wildman–Crippen LogP) is 0.424. The zero-order valence-electron chi connectivity index (χ0n) is 10.8. The highest BCUT2D eigenvalue weighted by Gasteiger charge is 2.13. The number of likely N-dealkylation sites (tertiary alicyclic amines) is 1. The molecule has 1 aliphatic heterocycles. The van der Waals surface area contributed by atoms with Gasteiger partial charge < -0.3 is 16.0 Å². The minimum absolute atomic E-state index is 0.0300. The Kier molecular flexibility index (Phi) is 4.28. The Labute approximate surface area is 113 Å². The maximum Gasteiger partial charge on any atom is 0.240 e. The van der Waals surface area contributed by atoms with Gasteiger partial charge in [-0.2, -0.15) is 0 Å². The average Bonchev–Trinajstić information content (AvgIpc) is 2.80. The molecule has 7 heteroatoms. The smallest absolute Gasteiger partial charge is 0.240 e. The van der Waals surface area contributed by atoms with Crippen LogP contribution in [0.1, 0.15) is 12.8 Å². The number of nitrogens with zero attached hydrogens (tertiary/aromatic N) is 1. The Morgan fingerprint density at radius 3 is 2.53 bits per heavy atom. The van der Waals surface area contributed by atoms with Crippen LogP contribution in [0.3, 0.4) is 0 Å². The van der Waals surface area contributed by atoms with Crippen molar-refractivity contribution in [1.29, 1.82) is 0 Å². The van der Waals surface area contributed by atoms with Gasteiger partial charge in [-0.25, -0.2) is 13.6 Å². The van der Waals surface area contributed by atoms with Crippen molar-refractivity contribution in [3.63, 3.8) is 0 Å². The Morgan fingerprint density at radius 1 is 1.26 bits per heavy atom. The molecule has 1 fully saturated rings. The fourth-order valence-electron chi connectivity index (χ4n) is 2.28. The molecule has 1 aromatic rings. The first-order valence-electron chi connectivity index (χ1n) is 6.35. The molecule has 0 spiro atoms. The number of nitrogen functional groups attached to an aromatic ring is 1. The van der Waals surface area contributed by atoms with E-state index in [-0.39, 0.29) is 10.6 Å². The Hall–Kier alpha value is -1.31. The van der Waals surface area contributed by atoms with Crippen LogP contribution in [-0.4, -0.2) is 39.5 Å². The number of nitrogens with one attached hydrogen (secondary N) is 1. The summed E-state index contributed by atoms with van der Waals surface area (Å²) in [6.07, 6.45) is 2.55. The standard InChI is InChI=1S/C12H20N4O2S/c13-11-9-10(3-4-12(11)19(14,17)18)15-5-8-16-6-1-2-7-16/h3-4,9,15H,1-2,5-8,13H2,(H2,14,17,18). The second-order valence-electron chi connectivity index (χ2n) is 4.77. The first kappa shape index (κ1) is 14.1. The van der Waals surface area contributed by atoms with Crippen LogP contribution in [0.25, 0.3) is 0 Å². The zero-order chi connectivity index (χ0) is 13.9. The van der Waals surface area contributed by atoms with E-state index in [0.717, 1.165) is 31.9 Å². The van der Waals surface area contributed by atoms with Crippen LogP contribution in [0.4, 0.5) is 11.4 Å². The molecule has 5 N–H and O–H groups in total. The van der Waals surface area contributed by atoms with Crippen LogP contribution < -0.4 is 16.2 Å². The van der Waals surface area contributed by atoms with Gasteiger partial charge in [0.15, 0.2) is 0 Å². The number of hydrogen-bond donors (Lipinski definition) is 3. The lowest BCUT2D eigenvalue weighted by Gasteiger charge is -2.15. The maximum absolute atomic E-state index is 11.2. The van der Waals surface area contributed by atoms with Gasteiger partial charge in [0.2, 0.25) is 10.0 Å². The summed E-state index contributed by atoms with van der Waals surface area (Å²) >= 11 is 0. The fraction of sp³-hybridized carbons (Fsp3) is 0.500. The highest BCUT2D eigenvalue weighted by molar-refractivity contribution is 7.89. The number of nitrogens with two attached hydrogens (primary N) is 2. The average molecular weight is 284 g/mol. The third kappa shape index (κ3) is 3.82. The summed E-state index contributed by atoms with van der Waals surface area (Å²) in [5.41, 5.74) is 6.68. The van der Waals surface area contributed by atoms with Gasteiger partial charge in [-0.1, -0.05) is 0 Å². The third-order valence-electron chi connectivity index (χ3n) is 3.27. The zero-order valence-corrected chi connectivity index (χ0v) is 11.6. The molecule has 1 heterocycles. The Balaban J connectivity index is 1.92. The summed E-state index contributed by atoms with van der Waals surface area (Å²) in [6.45, 7) is 4.12. The van der Waals surface area contributed by atoms with Crippen molar-refractivity contribution in [2.24, 2.45) is 5.14 Å². The number of benzene rings is 1. The number of hydrogen-bond acceptors (Lipinski definition) is 5. The SMILES string of the molecule is Nc1cc(NCCN2CCCC2)ccc1S(N)(=O)=O. The van der Waals surface area contributed by atoms with E-state index in [9.17, 15) is 8.42 Å². The van der Waals surface area contributed by atoms with E-state index >= 15 is 0 Å². The van der Waals surface area contributed by atoms with Crippen molar-refractivity contribution in [1.82, 2.24) is 4.90 Å². The molecule has 106 valence electrons. The van der Waals surface area contributed by atoms with Gasteiger partial charge in [0.1, 0.15) is 4.90 Å². The highest BCUT2D eigenvalue weighted by atomic mass is 32.2. The van der Waals surface area contributed by atoms with Gasteiger partial charge in [0, 0.05) is 18.8 Å². The van der Waals surface area contributed by atoms with Crippen LogP contribution in [0.2, 0.25) is 0 Å². The molecule has 1 aliphatic rings. The van der Waals surface area contributed by atoms with E-state index < -0.39 is 10.0 Å². The summed E-state index contributed by atoms with van der Waals surface area (Å²) in [7, 11) is -3.74. The molecule has 0 saturated carbocycles. The van der Waals surface area contributed by atoms with Crippen molar-refractivity contribution < 1.29 is 8.42 Å². The van der Waals surface area contributed by atoms with E-state index in [2.05, 4.69) is 10.2 Å². The lowest BCUT2D eigenvalue weighted by molar-refractivity contribution is 0.352. The summed E-state index contributed by atoms with van der Waals surface area (Å²) < 4.78 is 22.4. The highest BCUT2D eigenvalue weighted by Crippen LogP contribution is 2.21. The molecular formula is C12H20N4O2S. The molecule has 0 unspecified atom stereocenters. The first-order chi connectivity index (χ1) is 8.97. The largest absolute Gasteiger partial charge is 0.398 e. The number of anilines is 2. The van der Waals surface area contributed by atoms with Gasteiger partial charge in [-0.15, -0.1) is 0 Å². The number of sulfonamides is 1.